The molecule has 0 bridgehead atoms. The summed E-state index contributed by atoms with van der Waals surface area (Å²) in [7, 11) is 0. The van der Waals surface area contributed by atoms with Crippen molar-refractivity contribution >= 4 is 24.1 Å². The third-order valence-corrected chi connectivity index (χ3v) is 4.87. The zero-order chi connectivity index (χ0) is 16.2. The molecule has 132 valence electrons. The van der Waals surface area contributed by atoms with Gasteiger partial charge in [-0.2, -0.15) is 0 Å². The van der Waals surface area contributed by atoms with E-state index in [9.17, 15) is 14.7 Å². The van der Waals surface area contributed by atoms with E-state index in [0.29, 0.717) is 18.7 Å². The summed E-state index contributed by atoms with van der Waals surface area (Å²) in [5, 5.41) is 15.6. The highest BCUT2D eigenvalue weighted by Gasteiger charge is 2.25. The molecule has 1 aliphatic heterocycles. The molecule has 6 heteroatoms. The van der Waals surface area contributed by atoms with Crippen molar-refractivity contribution in [3.63, 3.8) is 0 Å². The van der Waals surface area contributed by atoms with Crippen LogP contribution in [0.1, 0.15) is 40.7 Å². The van der Waals surface area contributed by atoms with Crippen molar-refractivity contribution in [2.75, 3.05) is 19.6 Å². The van der Waals surface area contributed by atoms with Crippen LogP contribution in [0.25, 0.3) is 0 Å². The van der Waals surface area contributed by atoms with Gasteiger partial charge >= 0.3 is 0 Å². The summed E-state index contributed by atoms with van der Waals surface area (Å²) in [6.45, 7) is 1.76. The van der Waals surface area contributed by atoms with Crippen molar-refractivity contribution in [1.29, 1.82) is 0 Å². The van der Waals surface area contributed by atoms with E-state index in [1.54, 1.807) is 0 Å². The first-order valence-electron chi connectivity index (χ1n) is 8.44. The lowest BCUT2D eigenvalue weighted by molar-refractivity contribution is -0.121. The second-order valence-corrected chi connectivity index (χ2v) is 6.55. The van der Waals surface area contributed by atoms with Crippen LogP contribution in [0.15, 0.2) is 18.2 Å². The summed E-state index contributed by atoms with van der Waals surface area (Å²) < 4.78 is 0. The number of aliphatic hydroxyl groups is 1. The normalized spacial score (nSPS) is 21.9. The summed E-state index contributed by atoms with van der Waals surface area (Å²) in [5.41, 5.74) is 3.35. The number of halogens is 1. The zero-order valence-corrected chi connectivity index (χ0v) is 14.5. The van der Waals surface area contributed by atoms with E-state index in [0.717, 1.165) is 25.8 Å². The average molecular weight is 353 g/mol. The van der Waals surface area contributed by atoms with Crippen LogP contribution in [0.3, 0.4) is 0 Å². The van der Waals surface area contributed by atoms with Crippen molar-refractivity contribution in [3.05, 3.63) is 34.9 Å². The molecule has 24 heavy (non-hydrogen) atoms. The monoisotopic (exact) mass is 352 g/mol. The van der Waals surface area contributed by atoms with Crippen LogP contribution in [-0.2, 0) is 17.6 Å². The summed E-state index contributed by atoms with van der Waals surface area (Å²) in [4.78, 5) is 24.1. The van der Waals surface area contributed by atoms with Crippen LogP contribution < -0.4 is 10.6 Å². The largest absolute Gasteiger partial charge is 0.391 e. The number of carbonyl (C=O) groups excluding carboxylic acids is 2. The van der Waals surface area contributed by atoms with Gasteiger partial charge in [-0.05, 0) is 36.5 Å². The van der Waals surface area contributed by atoms with Crippen molar-refractivity contribution < 1.29 is 14.7 Å². The molecule has 5 nitrogen and oxygen atoms in total. The van der Waals surface area contributed by atoms with Gasteiger partial charge in [0.15, 0.2) is 5.78 Å². The lowest BCUT2D eigenvalue weighted by atomic mass is 10.0. The van der Waals surface area contributed by atoms with Gasteiger partial charge in [-0.1, -0.05) is 12.1 Å². The molecule has 0 saturated carbocycles. The molecule has 1 fully saturated rings. The van der Waals surface area contributed by atoms with Gasteiger partial charge in [-0.15, -0.1) is 12.4 Å². The minimum atomic E-state index is -0.400. The molecule has 0 spiro atoms. The van der Waals surface area contributed by atoms with Gasteiger partial charge in [0.25, 0.3) is 0 Å². The smallest absolute Gasteiger partial charge is 0.220 e. The molecule has 1 saturated heterocycles. The van der Waals surface area contributed by atoms with Gasteiger partial charge in [0.1, 0.15) is 0 Å². The van der Waals surface area contributed by atoms with Crippen LogP contribution in [0.4, 0.5) is 0 Å². The lowest BCUT2D eigenvalue weighted by Gasteiger charge is -2.14. The van der Waals surface area contributed by atoms with Crippen LogP contribution in [0, 0.1) is 5.92 Å². The molecular weight excluding hydrogens is 328 g/mol. The molecule has 3 rings (SSSR count). The number of hydrogen-bond donors (Lipinski definition) is 3. The highest BCUT2D eigenvalue weighted by Crippen LogP contribution is 2.23. The van der Waals surface area contributed by atoms with E-state index in [2.05, 4.69) is 10.6 Å². The molecule has 2 atom stereocenters. The second kappa shape index (κ2) is 8.60. The number of β-amino-alcohol motifs (C(OH)–C–C–N with tert-alkyl or cyclic N) is 1. The molecule has 1 aromatic carbocycles. The third kappa shape index (κ3) is 4.56. The zero-order valence-electron chi connectivity index (χ0n) is 13.7. The first-order valence-corrected chi connectivity index (χ1v) is 8.44. The molecule has 1 aromatic rings. The minimum absolute atomic E-state index is 0. The highest BCUT2D eigenvalue weighted by molar-refractivity contribution is 5.98. The van der Waals surface area contributed by atoms with Crippen molar-refractivity contribution in [2.24, 2.45) is 5.92 Å². The van der Waals surface area contributed by atoms with Crippen molar-refractivity contribution in [2.45, 2.75) is 38.2 Å². The van der Waals surface area contributed by atoms with Crippen molar-refractivity contribution in [1.82, 2.24) is 10.6 Å². The summed E-state index contributed by atoms with van der Waals surface area (Å²) in [6.07, 6.45) is 3.35. The first-order chi connectivity index (χ1) is 11.1. The molecule has 1 aliphatic carbocycles. The van der Waals surface area contributed by atoms with Crippen LogP contribution in [0.5, 0.6) is 0 Å². The number of aryl methyl sites for hydroxylation is 2. The predicted octanol–water partition coefficient (Wildman–Crippen LogP) is 1.26. The quantitative estimate of drug-likeness (QED) is 0.673. The number of aliphatic hydroxyl groups excluding tert-OH is 1. The fourth-order valence-electron chi connectivity index (χ4n) is 3.38. The Kier molecular flexibility index (Phi) is 6.78. The maximum atomic E-state index is 12.2. The van der Waals surface area contributed by atoms with Crippen LogP contribution >= 0.6 is 12.4 Å². The second-order valence-electron chi connectivity index (χ2n) is 6.55. The number of ketones is 1. The predicted molar refractivity (Wildman–Crippen MR) is 94.7 cm³/mol. The summed E-state index contributed by atoms with van der Waals surface area (Å²) >= 11 is 0. The standard InChI is InChI=1S/C18H24N2O3.ClH/c21-16(14-5-4-12-2-1-3-13(12)8-14)6-7-18(23)20-10-15-9-19-11-17(15)22;/h4-5,8,15,17,19,22H,1-3,6-7,9-11H2,(H,20,23);1H. The van der Waals surface area contributed by atoms with Gasteiger partial charge in [0.05, 0.1) is 6.10 Å². The average Bonchev–Trinajstić information content (AvgIpc) is 3.18. The van der Waals surface area contributed by atoms with E-state index in [-0.39, 0.29) is 42.9 Å². The van der Waals surface area contributed by atoms with E-state index in [1.807, 2.05) is 18.2 Å². The third-order valence-electron chi connectivity index (χ3n) is 4.87. The fourth-order valence-corrected chi connectivity index (χ4v) is 3.38. The molecule has 2 aliphatic rings. The minimum Gasteiger partial charge on any atom is -0.391 e. The van der Waals surface area contributed by atoms with E-state index in [1.165, 1.54) is 11.1 Å². The van der Waals surface area contributed by atoms with E-state index in [4.69, 9.17) is 0 Å². The molecule has 3 N–H and O–H groups in total. The van der Waals surface area contributed by atoms with Gasteiger partial charge in [-0.25, -0.2) is 0 Å². The molecule has 0 aromatic heterocycles. The Morgan fingerprint density at radius 1 is 1.17 bits per heavy atom. The Bertz CT molecular complexity index is 606. The Morgan fingerprint density at radius 3 is 2.71 bits per heavy atom. The lowest BCUT2D eigenvalue weighted by Crippen LogP contribution is -2.34. The highest BCUT2D eigenvalue weighted by atomic mass is 35.5. The number of benzene rings is 1. The van der Waals surface area contributed by atoms with Gasteiger partial charge in [0, 0.05) is 44.0 Å². The van der Waals surface area contributed by atoms with Gasteiger partial charge in [0.2, 0.25) is 5.91 Å². The van der Waals surface area contributed by atoms with E-state index < -0.39 is 6.10 Å². The number of Topliss-reactive ketones (excluding diaryl/α,β-unsaturated/α-hetero) is 1. The maximum Gasteiger partial charge on any atom is 0.220 e. The maximum absolute atomic E-state index is 12.2. The Balaban J connectivity index is 0.00000208. The van der Waals surface area contributed by atoms with Crippen LogP contribution in [0.2, 0.25) is 0 Å². The number of hydrogen-bond acceptors (Lipinski definition) is 4. The molecular formula is C18H25ClN2O3. The number of nitrogens with one attached hydrogen (secondary N) is 2. The number of rotatable bonds is 6. The number of amides is 1. The van der Waals surface area contributed by atoms with Crippen molar-refractivity contribution in [3.8, 4) is 0 Å². The van der Waals surface area contributed by atoms with Crippen LogP contribution in [-0.4, -0.2) is 42.5 Å². The Hall–Kier alpha value is -1.43. The Labute approximate surface area is 148 Å². The van der Waals surface area contributed by atoms with E-state index >= 15 is 0 Å². The molecule has 0 radical (unpaired) electrons. The Morgan fingerprint density at radius 2 is 1.96 bits per heavy atom. The fraction of sp³-hybridized carbons (Fsp3) is 0.556. The first kappa shape index (κ1) is 18.9. The molecule has 1 amide bonds. The summed E-state index contributed by atoms with van der Waals surface area (Å²) in [6, 6.07) is 5.91. The molecule has 2 unspecified atom stereocenters. The van der Waals surface area contributed by atoms with Gasteiger partial charge < -0.3 is 15.7 Å². The van der Waals surface area contributed by atoms with Gasteiger partial charge in [-0.3, -0.25) is 9.59 Å². The summed E-state index contributed by atoms with van der Waals surface area (Å²) in [5.74, 6) is -0.0395. The number of carbonyl (C=O) groups is 2. The topological polar surface area (TPSA) is 78.4 Å². The molecule has 1 heterocycles. The SMILES string of the molecule is Cl.O=C(CCC(=O)c1ccc2c(c1)CCC2)NCC1CNCC1O. The number of fused-ring (bicyclic) bond motifs is 1.